The highest BCUT2D eigenvalue weighted by Crippen LogP contribution is 2.22. The van der Waals surface area contributed by atoms with E-state index in [-0.39, 0.29) is 12.5 Å². The highest BCUT2D eigenvalue weighted by atomic mass is 16.7. The topological polar surface area (TPSA) is 149 Å². The Morgan fingerprint density at radius 2 is 1.24 bits per heavy atom. The van der Waals surface area contributed by atoms with Gasteiger partial charge in [0.25, 0.3) is 0 Å². The van der Waals surface area contributed by atoms with Crippen molar-refractivity contribution in [1.82, 2.24) is 5.32 Å². The molecule has 1 aliphatic heterocycles. The van der Waals surface area contributed by atoms with Crippen LogP contribution in [0.2, 0.25) is 0 Å². The molecule has 49 heavy (non-hydrogen) atoms. The fourth-order valence-corrected chi connectivity index (χ4v) is 5.96. The molecule has 7 atom stereocenters. The average Bonchev–Trinajstić information content (AvgIpc) is 3.10. The number of allylic oxidation sites excluding steroid dienone is 5. The molecule has 1 amide bonds. The fourth-order valence-electron chi connectivity index (χ4n) is 5.96. The van der Waals surface area contributed by atoms with Crippen molar-refractivity contribution in [3.8, 4) is 0 Å². The van der Waals surface area contributed by atoms with Crippen LogP contribution in [0.4, 0.5) is 0 Å². The predicted molar refractivity (Wildman–Crippen MR) is 198 cm³/mol. The number of hydrogen-bond donors (Lipinski definition) is 6. The summed E-state index contributed by atoms with van der Waals surface area (Å²) < 4.78 is 11.1. The number of unbranched alkanes of at least 4 members (excludes halogenated alkanes) is 17. The lowest BCUT2D eigenvalue weighted by molar-refractivity contribution is -0.302. The van der Waals surface area contributed by atoms with Crippen LogP contribution in [-0.4, -0.2) is 87.5 Å². The summed E-state index contributed by atoms with van der Waals surface area (Å²) in [6.07, 6.45) is 28.9. The molecule has 0 aromatic carbocycles. The predicted octanol–water partition coefficient (Wildman–Crippen LogP) is 6.94. The van der Waals surface area contributed by atoms with Gasteiger partial charge in [0.2, 0.25) is 5.91 Å². The van der Waals surface area contributed by atoms with E-state index in [1.165, 1.54) is 64.2 Å². The summed E-state index contributed by atoms with van der Waals surface area (Å²) in [7, 11) is 0. The summed E-state index contributed by atoms with van der Waals surface area (Å²) in [5.41, 5.74) is 0. The molecule has 0 radical (unpaired) electrons. The first-order valence-electron chi connectivity index (χ1n) is 19.7. The zero-order chi connectivity index (χ0) is 36.0. The molecule has 7 unspecified atom stereocenters. The molecule has 0 aromatic heterocycles. The van der Waals surface area contributed by atoms with Crippen LogP contribution in [0.15, 0.2) is 36.5 Å². The Morgan fingerprint density at radius 1 is 0.694 bits per heavy atom. The molecule has 9 nitrogen and oxygen atoms in total. The summed E-state index contributed by atoms with van der Waals surface area (Å²) in [4.78, 5) is 12.9. The number of carbonyl (C=O) groups is 1. The van der Waals surface area contributed by atoms with Gasteiger partial charge in [-0.05, 0) is 44.9 Å². The van der Waals surface area contributed by atoms with E-state index in [9.17, 15) is 30.3 Å². The van der Waals surface area contributed by atoms with Crippen LogP contribution >= 0.6 is 0 Å². The van der Waals surface area contributed by atoms with E-state index in [1.807, 2.05) is 6.08 Å². The Morgan fingerprint density at radius 3 is 1.84 bits per heavy atom. The van der Waals surface area contributed by atoms with E-state index in [1.54, 1.807) is 6.08 Å². The number of rotatable bonds is 31. The maximum atomic E-state index is 12.9. The largest absolute Gasteiger partial charge is 0.394 e. The minimum atomic E-state index is -1.57. The van der Waals surface area contributed by atoms with Crippen LogP contribution in [-0.2, 0) is 14.3 Å². The van der Waals surface area contributed by atoms with Gasteiger partial charge in [-0.15, -0.1) is 0 Å². The Bertz CT molecular complexity index is 863. The maximum absolute atomic E-state index is 12.9. The molecule has 6 N–H and O–H groups in total. The molecule has 0 saturated carbocycles. The number of ether oxygens (including phenoxy) is 2. The minimum Gasteiger partial charge on any atom is -0.394 e. The van der Waals surface area contributed by atoms with E-state index in [0.717, 1.165) is 70.6 Å². The van der Waals surface area contributed by atoms with E-state index in [2.05, 4.69) is 43.5 Å². The third-order valence-corrected chi connectivity index (χ3v) is 9.19. The third kappa shape index (κ3) is 22.8. The first kappa shape index (κ1) is 45.4. The SMILES string of the molecule is CCC/C=C\C/C=C\CCCCCCCC(=O)NC(COC1OC(CO)C(O)C(O)C1O)C(O)/C=C/CCCCCCCCCCCCC. The Hall–Kier alpha value is -1.59. The average molecular weight is 696 g/mol. The van der Waals surface area contributed by atoms with Gasteiger partial charge >= 0.3 is 0 Å². The summed E-state index contributed by atoms with van der Waals surface area (Å²) in [6, 6.07) is -0.808. The zero-order valence-electron chi connectivity index (χ0n) is 30.9. The molecule has 1 fully saturated rings. The monoisotopic (exact) mass is 696 g/mol. The van der Waals surface area contributed by atoms with Crippen molar-refractivity contribution < 1.29 is 39.8 Å². The third-order valence-electron chi connectivity index (χ3n) is 9.19. The van der Waals surface area contributed by atoms with Gasteiger partial charge < -0.3 is 40.3 Å². The number of hydrogen-bond acceptors (Lipinski definition) is 8. The van der Waals surface area contributed by atoms with E-state index < -0.39 is 49.5 Å². The molecule has 0 aromatic rings. The number of carbonyl (C=O) groups excluding carboxylic acids is 1. The second-order valence-electron chi connectivity index (χ2n) is 13.7. The molecule has 1 rings (SSSR count). The summed E-state index contributed by atoms with van der Waals surface area (Å²) in [6.45, 7) is 3.66. The maximum Gasteiger partial charge on any atom is 0.220 e. The molecular weight excluding hydrogens is 622 g/mol. The lowest BCUT2D eigenvalue weighted by Gasteiger charge is -2.40. The summed E-state index contributed by atoms with van der Waals surface area (Å²) >= 11 is 0. The van der Waals surface area contributed by atoms with E-state index >= 15 is 0 Å². The molecular formula is C40H73NO8. The molecule has 0 aliphatic carbocycles. The molecule has 286 valence electrons. The Labute approximate surface area is 298 Å². The van der Waals surface area contributed by atoms with Crippen LogP contribution in [0, 0.1) is 0 Å². The second kappa shape index (κ2) is 31.2. The van der Waals surface area contributed by atoms with Crippen molar-refractivity contribution in [2.45, 2.75) is 198 Å². The second-order valence-corrected chi connectivity index (χ2v) is 13.7. The number of amides is 1. The molecule has 9 heteroatoms. The molecule has 0 bridgehead atoms. The van der Waals surface area contributed by atoms with E-state index in [4.69, 9.17) is 9.47 Å². The van der Waals surface area contributed by atoms with Crippen molar-refractivity contribution in [2.24, 2.45) is 0 Å². The molecule has 1 heterocycles. The summed E-state index contributed by atoms with van der Waals surface area (Å²) in [5, 5.41) is 53.9. The van der Waals surface area contributed by atoms with Gasteiger partial charge in [0.15, 0.2) is 6.29 Å². The van der Waals surface area contributed by atoms with Crippen LogP contribution < -0.4 is 5.32 Å². The van der Waals surface area contributed by atoms with Crippen LogP contribution in [0.1, 0.15) is 155 Å². The van der Waals surface area contributed by atoms with Gasteiger partial charge in [-0.2, -0.15) is 0 Å². The van der Waals surface area contributed by atoms with Crippen molar-refractivity contribution >= 4 is 5.91 Å². The van der Waals surface area contributed by atoms with Crippen molar-refractivity contribution in [3.63, 3.8) is 0 Å². The number of aliphatic hydroxyl groups excluding tert-OH is 5. The van der Waals surface area contributed by atoms with Crippen LogP contribution in [0.5, 0.6) is 0 Å². The van der Waals surface area contributed by atoms with Gasteiger partial charge in [0.1, 0.15) is 24.4 Å². The summed E-state index contributed by atoms with van der Waals surface area (Å²) in [5.74, 6) is -0.195. The van der Waals surface area contributed by atoms with Gasteiger partial charge in [-0.1, -0.05) is 140 Å². The zero-order valence-corrected chi connectivity index (χ0v) is 30.9. The Balaban J connectivity index is 2.47. The molecule has 1 aliphatic rings. The first-order valence-corrected chi connectivity index (χ1v) is 19.7. The van der Waals surface area contributed by atoms with Gasteiger partial charge in [-0.3, -0.25) is 4.79 Å². The van der Waals surface area contributed by atoms with Crippen LogP contribution in [0.25, 0.3) is 0 Å². The van der Waals surface area contributed by atoms with Gasteiger partial charge in [0.05, 0.1) is 25.4 Å². The van der Waals surface area contributed by atoms with Crippen molar-refractivity contribution in [2.75, 3.05) is 13.2 Å². The highest BCUT2D eigenvalue weighted by Gasteiger charge is 2.44. The quantitative estimate of drug-likeness (QED) is 0.0338. The normalized spacial score (nSPS) is 22.8. The smallest absolute Gasteiger partial charge is 0.220 e. The molecule has 0 spiro atoms. The number of nitrogens with one attached hydrogen (secondary N) is 1. The minimum absolute atomic E-state index is 0.194. The van der Waals surface area contributed by atoms with Crippen molar-refractivity contribution in [1.29, 1.82) is 0 Å². The Kier molecular flexibility index (Phi) is 28.9. The lowest BCUT2D eigenvalue weighted by atomic mass is 9.99. The lowest BCUT2D eigenvalue weighted by Crippen LogP contribution is -2.60. The molecule has 1 saturated heterocycles. The van der Waals surface area contributed by atoms with E-state index in [0.29, 0.717) is 6.42 Å². The highest BCUT2D eigenvalue weighted by molar-refractivity contribution is 5.76. The number of aliphatic hydroxyl groups is 5. The van der Waals surface area contributed by atoms with Gasteiger partial charge in [-0.25, -0.2) is 0 Å². The van der Waals surface area contributed by atoms with Crippen LogP contribution in [0.3, 0.4) is 0 Å². The standard InChI is InChI=1S/C40H73NO8/c1-3-5-7-9-11-13-15-17-19-21-23-25-27-29-34(43)33(32-48-40-39(47)38(46)37(45)35(31-42)49-40)41-36(44)30-28-26-24-22-20-18-16-14-12-10-8-6-4-2/h8,10,14,16,27,29,33-35,37-40,42-43,45-47H,3-7,9,11-13,15,17-26,28,30-32H2,1-2H3,(H,41,44)/b10-8-,16-14-,29-27+. The van der Waals surface area contributed by atoms with Gasteiger partial charge in [0, 0.05) is 6.42 Å². The first-order chi connectivity index (χ1) is 23.8. The fraction of sp³-hybridized carbons (Fsp3) is 0.825. The van der Waals surface area contributed by atoms with Crippen molar-refractivity contribution in [3.05, 3.63) is 36.5 Å².